The topological polar surface area (TPSA) is 22.1 Å². The van der Waals surface area contributed by atoms with Crippen LogP contribution in [0.15, 0.2) is 53.6 Å². The SMILES string of the molecule is CSc1cccc(Oc2ccccn2)c1. The molecule has 1 heterocycles. The normalized spacial score (nSPS) is 9.93. The van der Waals surface area contributed by atoms with Crippen LogP contribution in [0.5, 0.6) is 11.6 Å². The maximum atomic E-state index is 5.60. The summed E-state index contributed by atoms with van der Waals surface area (Å²) in [5.41, 5.74) is 0. The van der Waals surface area contributed by atoms with Crippen LogP contribution in [0, 0.1) is 0 Å². The van der Waals surface area contributed by atoms with Gasteiger partial charge in [0.15, 0.2) is 0 Å². The van der Waals surface area contributed by atoms with Crippen LogP contribution in [0.3, 0.4) is 0 Å². The van der Waals surface area contributed by atoms with Gasteiger partial charge in [0.05, 0.1) is 0 Å². The Labute approximate surface area is 93.3 Å². The van der Waals surface area contributed by atoms with E-state index in [1.165, 1.54) is 4.90 Å². The number of benzene rings is 1. The first kappa shape index (κ1) is 10.1. The average Bonchev–Trinajstić information content (AvgIpc) is 2.31. The number of pyridine rings is 1. The Bertz CT molecular complexity index is 431. The van der Waals surface area contributed by atoms with Gasteiger partial charge >= 0.3 is 0 Å². The van der Waals surface area contributed by atoms with E-state index in [1.54, 1.807) is 18.0 Å². The second-order valence-corrected chi connectivity index (χ2v) is 3.83. The Kier molecular flexibility index (Phi) is 3.25. The summed E-state index contributed by atoms with van der Waals surface area (Å²) < 4.78 is 5.60. The van der Waals surface area contributed by atoms with Crippen molar-refractivity contribution in [3.63, 3.8) is 0 Å². The summed E-state index contributed by atoms with van der Waals surface area (Å²) in [7, 11) is 0. The van der Waals surface area contributed by atoms with E-state index in [1.807, 2.05) is 42.7 Å². The van der Waals surface area contributed by atoms with Crippen molar-refractivity contribution in [3.05, 3.63) is 48.7 Å². The quantitative estimate of drug-likeness (QED) is 0.733. The van der Waals surface area contributed by atoms with Gasteiger partial charge in [0, 0.05) is 17.2 Å². The molecule has 0 aliphatic carbocycles. The molecule has 3 heteroatoms. The van der Waals surface area contributed by atoms with Crippen molar-refractivity contribution in [2.24, 2.45) is 0 Å². The van der Waals surface area contributed by atoms with E-state index in [4.69, 9.17) is 4.74 Å². The fourth-order valence-corrected chi connectivity index (χ4v) is 1.64. The van der Waals surface area contributed by atoms with E-state index in [9.17, 15) is 0 Å². The van der Waals surface area contributed by atoms with Crippen molar-refractivity contribution in [3.8, 4) is 11.6 Å². The van der Waals surface area contributed by atoms with Crippen LogP contribution in [0.2, 0.25) is 0 Å². The van der Waals surface area contributed by atoms with Crippen molar-refractivity contribution < 1.29 is 4.74 Å². The smallest absolute Gasteiger partial charge is 0.219 e. The van der Waals surface area contributed by atoms with Crippen molar-refractivity contribution in [1.82, 2.24) is 4.98 Å². The zero-order valence-corrected chi connectivity index (χ0v) is 9.20. The summed E-state index contributed by atoms with van der Waals surface area (Å²) in [5, 5.41) is 0. The van der Waals surface area contributed by atoms with Gasteiger partial charge in [-0.1, -0.05) is 12.1 Å². The van der Waals surface area contributed by atoms with Crippen LogP contribution >= 0.6 is 11.8 Å². The number of ether oxygens (including phenoxy) is 1. The molecule has 0 aliphatic rings. The maximum absolute atomic E-state index is 5.60. The standard InChI is InChI=1S/C12H11NOS/c1-15-11-6-4-5-10(9-11)14-12-7-2-3-8-13-12/h2-9H,1H3. The first-order valence-electron chi connectivity index (χ1n) is 4.61. The van der Waals surface area contributed by atoms with Crippen LogP contribution in [0.4, 0.5) is 0 Å². The zero-order chi connectivity index (χ0) is 10.5. The molecule has 0 fully saturated rings. The average molecular weight is 217 g/mol. The summed E-state index contributed by atoms with van der Waals surface area (Å²) in [6.07, 6.45) is 3.76. The lowest BCUT2D eigenvalue weighted by Gasteiger charge is -2.04. The number of hydrogen-bond acceptors (Lipinski definition) is 3. The molecule has 2 aromatic rings. The van der Waals surface area contributed by atoms with Gasteiger partial charge in [-0.15, -0.1) is 11.8 Å². The molecule has 0 saturated carbocycles. The molecule has 2 nitrogen and oxygen atoms in total. The van der Waals surface area contributed by atoms with Crippen LogP contribution < -0.4 is 4.74 Å². The van der Waals surface area contributed by atoms with Crippen LogP contribution in [0.25, 0.3) is 0 Å². The van der Waals surface area contributed by atoms with Gasteiger partial charge < -0.3 is 4.74 Å². The molecule has 0 unspecified atom stereocenters. The summed E-state index contributed by atoms with van der Waals surface area (Å²) in [6.45, 7) is 0. The zero-order valence-electron chi connectivity index (χ0n) is 8.38. The van der Waals surface area contributed by atoms with E-state index >= 15 is 0 Å². The third-order valence-corrected chi connectivity index (χ3v) is 2.63. The van der Waals surface area contributed by atoms with Crippen molar-refractivity contribution in [2.75, 3.05) is 6.26 Å². The highest BCUT2D eigenvalue weighted by Crippen LogP contribution is 2.24. The van der Waals surface area contributed by atoms with Crippen LogP contribution in [-0.4, -0.2) is 11.2 Å². The molecule has 0 radical (unpaired) electrons. The van der Waals surface area contributed by atoms with Gasteiger partial charge in [-0.25, -0.2) is 4.98 Å². The molecular weight excluding hydrogens is 206 g/mol. The summed E-state index contributed by atoms with van der Waals surface area (Å²) >= 11 is 1.69. The third kappa shape index (κ3) is 2.73. The van der Waals surface area contributed by atoms with E-state index in [2.05, 4.69) is 11.1 Å². The van der Waals surface area contributed by atoms with Crippen molar-refractivity contribution >= 4 is 11.8 Å². The molecule has 1 aromatic carbocycles. The fraction of sp³-hybridized carbons (Fsp3) is 0.0833. The summed E-state index contributed by atoms with van der Waals surface area (Å²) in [5.74, 6) is 1.44. The lowest BCUT2D eigenvalue weighted by molar-refractivity contribution is 0.462. The van der Waals surface area contributed by atoms with Gasteiger partial charge in [-0.05, 0) is 30.5 Å². The molecule has 0 amide bonds. The first-order valence-corrected chi connectivity index (χ1v) is 5.84. The van der Waals surface area contributed by atoms with Crippen molar-refractivity contribution in [2.45, 2.75) is 4.90 Å². The molecular formula is C12H11NOS. The van der Waals surface area contributed by atoms with Crippen LogP contribution in [0.1, 0.15) is 0 Å². The lowest BCUT2D eigenvalue weighted by atomic mass is 10.3. The molecule has 0 spiro atoms. The maximum Gasteiger partial charge on any atom is 0.219 e. The molecule has 76 valence electrons. The summed E-state index contributed by atoms with van der Waals surface area (Å²) in [4.78, 5) is 5.28. The van der Waals surface area contributed by atoms with Gasteiger partial charge in [0.2, 0.25) is 5.88 Å². The molecule has 0 atom stereocenters. The van der Waals surface area contributed by atoms with Gasteiger partial charge in [0.25, 0.3) is 0 Å². The summed E-state index contributed by atoms with van der Waals surface area (Å²) in [6, 6.07) is 13.6. The molecule has 0 saturated heterocycles. The second kappa shape index (κ2) is 4.84. The monoisotopic (exact) mass is 217 g/mol. The number of aromatic nitrogens is 1. The fourth-order valence-electron chi connectivity index (χ4n) is 1.19. The molecule has 0 N–H and O–H groups in total. The molecule has 2 rings (SSSR count). The van der Waals surface area contributed by atoms with Gasteiger partial charge in [0.1, 0.15) is 5.75 Å². The Morgan fingerprint density at radius 2 is 2.07 bits per heavy atom. The first-order chi connectivity index (χ1) is 7.38. The lowest BCUT2D eigenvalue weighted by Crippen LogP contribution is -1.86. The van der Waals surface area contributed by atoms with E-state index in [-0.39, 0.29) is 0 Å². The Morgan fingerprint density at radius 3 is 2.80 bits per heavy atom. The van der Waals surface area contributed by atoms with Crippen molar-refractivity contribution in [1.29, 1.82) is 0 Å². The van der Waals surface area contributed by atoms with Gasteiger partial charge in [-0.2, -0.15) is 0 Å². The minimum atomic E-state index is 0.621. The second-order valence-electron chi connectivity index (χ2n) is 2.95. The largest absolute Gasteiger partial charge is 0.439 e. The highest BCUT2D eigenvalue weighted by atomic mass is 32.2. The van der Waals surface area contributed by atoms with Crippen LogP contribution in [-0.2, 0) is 0 Å². The van der Waals surface area contributed by atoms with Gasteiger partial charge in [-0.3, -0.25) is 0 Å². The number of nitrogens with zero attached hydrogens (tertiary/aromatic N) is 1. The Morgan fingerprint density at radius 1 is 1.13 bits per heavy atom. The van der Waals surface area contributed by atoms with E-state index in [0.717, 1.165) is 5.75 Å². The molecule has 0 aliphatic heterocycles. The third-order valence-electron chi connectivity index (χ3n) is 1.90. The predicted octanol–water partition coefficient (Wildman–Crippen LogP) is 3.60. The molecule has 1 aromatic heterocycles. The number of rotatable bonds is 3. The minimum absolute atomic E-state index is 0.621. The minimum Gasteiger partial charge on any atom is -0.439 e. The van der Waals surface area contributed by atoms with E-state index < -0.39 is 0 Å². The Balaban J connectivity index is 2.17. The number of thioether (sulfide) groups is 1. The highest BCUT2D eigenvalue weighted by molar-refractivity contribution is 7.98. The van der Waals surface area contributed by atoms with E-state index in [0.29, 0.717) is 5.88 Å². The molecule has 0 bridgehead atoms. The number of hydrogen-bond donors (Lipinski definition) is 0. The Hall–Kier alpha value is -1.48. The highest BCUT2D eigenvalue weighted by Gasteiger charge is 1.98. The predicted molar refractivity (Wildman–Crippen MR) is 62.5 cm³/mol. The molecule has 15 heavy (non-hydrogen) atoms.